The fourth-order valence-corrected chi connectivity index (χ4v) is 8.31. The van der Waals surface area contributed by atoms with Gasteiger partial charge in [0, 0.05) is 59.4 Å². The molecule has 0 bridgehead atoms. The van der Waals surface area contributed by atoms with Crippen molar-refractivity contribution >= 4 is 52.5 Å². The van der Waals surface area contributed by atoms with E-state index < -0.39 is 29.7 Å². The van der Waals surface area contributed by atoms with Crippen LogP contribution in [0, 0.1) is 22.2 Å². The van der Waals surface area contributed by atoms with Crippen LogP contribution in [0.1, 0.15) is 96.4 Å². The molecule has 5 amide bonds. The number of piperidine rings is 1. The lowest BCUT2D eigenvalue weighted by Crippen LogP contribution is -2.74. The molecule has 0 spiro atoms. The summed E-state index contributed by atoms with van der Waals surface area (Å²) in [4.78, 5) is 64.6. The van der Waals surface area contributed by atoms with Gasteiger partial charge in [0.25, 0.3) is 17.7 Å². The summed E-state index contributed by atoms with van der Waals surface area (Å²) in [5.74, 6) is -1.68. The van der Waals surface area contributed by atoms with Gasteiger partial charge in [-0.3, -0.25) is 34.2 Å². The molecule has 276 valence electrons. The molecule has 4 N–H and O–H groups in total. The molecule has 13 heteroatoms. The van der Waals surface area contributed by atoms with Crippen LogP contribution in [0.5, 0.6) is 5.75 Å². The number of hydrogen-bond acceptors (Lipinski definition) is 9. The highest BCUT2D eigenvalue weighted by Crippen LogP contribution is 2.55. The van der Waals surface area contributed by atoms with Crippen molar-refractivity contribution in [1.82, 2.24) is 15.5 Å². The summed E-state index contributed by atoms with van der Waals surface area (Å²) < 4.78 is 6.33. The molecule has 1 saturated heterocycles. The molecule has 1 unspecified atom stereocenters. The fraction of sp³-hybridized carbons (Fsp3) is 0.400. The second-order valence-electron chi connectivity index (χ2n) is 15.0. The Hall–Kier alpha value is -5.41. The summed E-state index contributed by atoms with van der Waals surface area (Å²) in [6, 6.07) is 18.4. The van der Waals surface area contributed by atoms with E-state index >= 15 is 0 Å². The summed E-state index contributed by atoms with van der Waals surface area (Å²) in [5.41, 5.74) is 2.16. The van der Waals surface area contributed by atoms with Crippen molar-refractivity contribution in [2.45, 2.75) is 78.0 Å². The molecular formula is C40H43ClN6O6. The van der Waals surface area contributed by atoms with Crippen molar-refractivity contribution in [1.29, 1.82) is 5.26 Å². The molecule has 2 fully saturated rings. The number of amides is 5. The van der Waals surface area contributed by atoms with Crippen molar-refractivity contribution in [2.75, 3.05) is 23.7 Å². The Morgan fingerprint density at radius 3 is 2.30 bits per heavy atom. The third kappa shape index (κ3) is 7.31. The van der Waals surface area contributed by atoms with Crippen LogP contribution in [0.2, 0.25) is 5.02 Å². The van der Waals surface area contributed by atoms with Crippen LogP contribution in [0.3, 0.4) is 0 Å². The number of hydrogen-bond donors (Lipinski definition) is 4. The zero-order valence-electron chi connectivity index (χ0n) is 30.2. The van der Waals surface area contributed by atoms with Gasteiger partial charge in [-0.25, -0.2) is 0 Å². The average molecular weight is 739 g/mol. The number of ether oxygens (including phenoxy) is 1. The van der Waals surface area contributed by atoms with E-state index in [1.807, 2.05) is 12.1 Å². The first-order chi connectivity index (χ1) is 25.2. The number of carbonyl (C=O) groups is 5. The smallest absolute Gasteiger partial charge is 0.264 e. The van der Waals surface area contributed by atoms with E-state index in [2.05, 4.69) is 55.0 Å². The van der Waals surface area contributed by atoms with Crippen molar-refractivity contribution in [2.24, 2.45) is 10.8 Å². The van der Waals surface area contributed by atoms with Crippen LogP contribution in [-0.4, -0.2) is 65.7 Å². The number of nitriles is 1. The highest BCUT2D eigenvalue weighted by molar-refractivity contribution is 6.31. The van der Waals surface area contributed by atoms with E-state index in [1.54, 1.807) is 48.5 Å². The van der Waals surface area contributed by atoms with E-state index in [-0.39, 0.29) is 52.9 Å². The Balaban J connectivity index is 0.930. The molecule has 12 nitrogen and oxygen atoms in total. The van der Waals surface area contributed by atoms with Gasteiger partial charge in [0.1, 0.15) is 24.0 Å². The maximum absolute atomic E-state index is 13.3. The van der Waals surface area contributed by atoms with Gasteiger partial charge >= 0.3 is 0 Å². The SMILES string of the molecule is CC1(C)[C@H](NC(=O)c2ccc(NCCCCCNc3cccc4c3C(=O)N(C3CCC(=O)NC3=O)C4=O)cc2)C(C)(C)[C@H]1Oc1ccc(C#N)c(Cl)c1. The minimum absolute atomic E-state index is 0.0716. The standard InChI is InChI=1S/C40H43ClN6O6/c1-39(2)37(40(3,4)38(39)53-26-16-13-24(22-42)28(41)21-26)46-33(49)23-11-14-25(15-12-23)43-19-6-5-7-20-44-29-10-8-9-27-32(29)36(52)47(35(27)51)30-17-18-31(48)45-34(30)50/h8-16,21,30,37-38,43-44H,5-7,17-20H2,1-4H3,(H,46,49)(H,45,48,50)/t30?,37-,38-. The molecule has 53 heavy (non-hydrogen) atoms. The van der Waals surface area contributed by atoms with Gasteiger partial charge in [0.2, 0.25) is 11.8 Å². The number of nitrogens with one attached hydrogen (secondary N) is 4. The van der Waals surface area contributed by atoms with Crippen LogP contribution in [-0.2, 0) is 9.59 Å². The first-order valence-corrected chi connectivity index (χ1v) is 18.2. The van der Waals surface area contributed by atoms with Crippen molar-refractivity contribution in [3.63, 3.8) is 0 Å². The third-order valence-corrected chi connectivity index (χ3v) is 10.9. The zero-order valence-corrected chi connectivity index (χ0v) is 30.9. The molecular weight excluding hydrogens is 696 g/mol. The van der Waals surface area contributed by atoms with Crippen LogP contribution in [0.15, 0.2) is 60.7 Å². The van der Waals surface area contributed by atoms with Gasteiger partial charge < -0.3 is 20.7 Å². The Morgan fingerprint density at radius 2 is 1.64 bits per heavy atom. The Bertz CT molecular complexity index is 1990. The fourth-order valence-electron chi connectivity index (χ4n) is 8.09. The van der Waals surface area contributed by atoms with Crippen LogP contribution >= 0.6 is 11.6 Å². The first kappa shape index (κ1) is 37.4. The maximum atomic E-state index is 13.3. The van der Waals surface area contributed by atoms with E-state index in [9.17, 15) is 29.2 Å². The number of halogens is 1. The normalized spacial score (nSPS) is 21.2. The Kier molecular flexibility index (Phi) is 10.5. The zero-order chi connectivity index (χ0) is 38.1. The molecule has 1 atom stereocenters. The number of unbranched alkanes of at least 4 members (excludes halogenated alkanes) is 2. The topological polar surface area (TPSA) is 170 Å². The molecule has 0 radical (unpaired) electrons. The highest BCUT2D eigenvalue weighted by atomic mass is 35.5. The minimum Gasteiger partial charge on any atom is -0.489 e. The molecule has 3 aromatic rings. The van der Waals surface area contributed by atoms with Gasteiger partial charge in [0.15, 0.2) is 0 Å². The predicted octanol–water partition coefficient (Wildman–Crippen LogP) is 5.92. The molecule has 3 aromatic carbocycles. The number of imide groups is 2. The van der Waals surface area contributed by atoms with Gasteiger partial charge in [-0.15, -0.1) is 0 Å². The second kappa shape index (κ2) is 14.9. The largest absolute Gasteiger partial charge is 0.489 e. The maximum Gasteiger partial charge on any atom is 0.264 e. The molecule has 2 heterocycles. The van der Waals surface area contributed by atoms with Crippen molar-refractivity contribution < 1.29 is 28.7 Å². The molecule has 2 aliphatic heterocycles. The third-order valence-electron chi connectivity index (χ3n) is 10.5. The summed E-state index contributed by atoms with van der Waals surface area (Å²) in [6.45, 7) is 9.59. The quantitative estimate of drug-likeness (QED) is 0.123. The minimum atomic E-state index is -1.00. The van der Waals surface area contributed by atoms with Crippen LogP contribution in [0.4, 0.5) is 11.4 Å². The van der Waals surface area contributed by atoms with Crippen molar-refractivity contribution in [3.8, 4) is 11.8 Å². The van der Waals surface area contributed by atoms with Crippen LogP contribution < -0.4 is 26.0 Å². The van der Waals surface area contributed by atoms with Gasteiger partial charge in [-0.1, -0.05) is 45.4 Å². The number of fused-ring (bicyclic) bond motifs is 1. The second-order valence-corrected chi connectivity index (χ2v) is 15.4. The average Bonchev–Trinajstić information content (AvgIpc) is 3.38. The van der Waals surface area contributed by atoms with E-state index in [0.29, 0.717) is 34.1 Å². The van der Waals surface area contributed by atoms with Crippen molar-refractivity contribution in [3.05, 3.63) is 87.9 Å². The molecule has 0 aromatic heterocycles. The monoisotopic (exact) mass is 738 g/mol. The lowest BCUT2D eigenvalue weighted by Gasteiger charge is -2.63. The summed E-state index contributed by atoms with van der Waals surface area (Å²) in [5, 5.41) is 21.6. The number of rotatable bonds is 13. The molecule has 6 rings (SSSR count). The Labute approximate surface area is 313 Å². The van der Waals surface area contributed by atoms with Gasteiger partial charge in [-0.2, -0.15) is 5.26 Å². The molecule has 1 saturated carbocycles. The lowest BCUT2D eigenvalue weighted by atomic mass is 9.49. The van der Waals surface area contributed by atoms with E-state index in [0.717, 1.165) is 36.4 Å². The van der Waals surface area contributed by atoms with E-state index in [1.165, 1.54) is 0 Å². The van der Waals surface area contributed by atoms with Gasteiger partial charge in [0.05, 0.1) is 21.7 Å². The number of anilines is 2. The number of nitrogens with zero attached hydrogens (tertiary/aromatic N) is 2. The highest BCUT2D eigenvalue weighted by Gasteiger charge is 2.64. The first-order valence-electron chi connectivity index (χ1n) is 17.8. The lowest BCUT2D eigenvalue weighted by molar-refractivity contribution is -0.164. The molecule has 3 aliphatic rings. The van der Waals surface area contributed by atoms with Crippen LogP contribution in [0.25, 0.3) is 0 Å². The Morgan fingerprint density at radius 1 is 0.943 bits per heavy atom. The number of carbonyl (C=O) groups excluding carboxylic acids is 5. The summed E-state index contributed by atoms with van der Waals surface area (Å²) >= 11 is 6.22. The molecule has 1 aliphatic carbocycles. The number of benzene rings is 3. The van der Waals surface area contributed by atoms with Gasteiger partial charge in [-0.05, 0) is 74.2 Å². The predicted molar refractivity (Wildman–Crippen MR) is 200 cm³/mol. The van der Waals surface area contributed by atoms with E-state index in [4.69, 9.17) is 16.3 Å². The summed E-state index contributed by atoms with van der Waals surface area (Å²) in [7, 11) is 0. The summed E-state index contributed by atoms with van der Waals surface area (Å²) in [6.07, 6.45) is 2.61.